The molecule has 0 saturated heterocycles. The van der Waals surface area contributed by atoms with Gasteiger partial charge in [0.25, 0.3) is 0 Å². The Hall–Kier alpha value is -3.09. The Labute approximate surface area is 158 Å². The van der Waals surface area contributed by atoms with Gasteiger partial charge in [-0.3, -0.25) is 4.79 Å². The average molecular weight is 368 g/mol. The maximum Gasteiger partial charge on any atom is 0.250 e. The van der Waals surface area contributed by atoms with Gasteiger partial charge in [-0.2, -0.15) is 9.67 Å². The lowest BCUT2D eigenvalue weighted by Gasteiger charge is -2.10. The van der Waals surface area contributed by atoms with Crippen LogP contribution in [0, 0.1) is 0 Å². The molecule has 0 bridgehead atoms. The third kappa shape index (κ3) is 4.55. The van der Waals surface area contributed by atoms with Crippen molar-refractivity contribution in [2.45, 2.75) is 39.2 Å². The zero-order chi connectivity index (χ0) is 19.1. The van der Waals surface area contributed by atoms with Crippen LogP contribution >= 0.6 is 0 Å². The fourth-order valence-corrected chi connectivity index (χ4v) is 2.77. The molecule has 0 amide bonds. The summed E-state index contributed by atoms with van der Waals surface area (Å²) in [4.78, 5) is 17.1. The fraction of sp³-hybridized carbons (Fsp3) is 0.350. The molecule has 2 aromatic heterocycles. The standard InChI is InChI=1S/C20H24N4O3/c1-3-4-5-12-18(25)24-20(22-19(23-24)17-11-8-13-27-17)21-14-15-9-6-7-10-16(15)26-2/h6-11,13H,3-5,12,14H2,1-2H3,(H,21,22,23). The molecule has 0 aliphatic rings. The third-order valence-corrected chi connectivity index (χ3v) is 4.21. The number of methoxy groups -OCH3 is 1. The van der Waals surface area contributed by atoms with Crippen LogP contribution in [0.3, 0.4) is 0 Å². The summed E-state index contributed by atoms with van der Waals surface area (Å²) in [6, 6.07) is 11.2. The molecule has 0 aliphatic carbocycles. The summed E-state index contributed by atoms with van der Waals surface area (Å²) in [7, 11) is 1.63. The van der Waals surface area contributed by atoms with Crippen LogP contribution in [0.4, 0.5) is 5.95 Å². The van der Waals surface area contributed by atoms with Crippen molar-refractivity contribution in [3.8, 4) is 17.3 Å². The Kier molecular flexibility index (Phi) is 6.25. The first-order valence-corrected chi connectivity index (χ1v) is 9.12. The fourth-order valence-electron chi connectivity index (χ4n) is 2.77. The van der Waals surface area contributed by atoms with E-state index in [1.807, 2.05) is 24.3 Å². The van der Waals surface area contributed by atoms with Crippen molar-refractivity contribution in [2.75, 3.05) is 12.4 Å². The highest BCUT2D eigenvalue weighted by Crippen LogP contribution is 2.22. The molecule has 7 heteroatoms. The maximum atomic E-state index is 12.6. The molecule has 0 spiro atoms. The Morgan fingerprint density at radius 1 is 1.22 bits per heavy atom. The van der Waals surface area contributed by atoms with Crippen LogP contribution in [-0.4, -0.2) is 27.8 Å². The molecule has 7 nitrogen and oxygen atoms in total. The van der Waals surface area contributed by atoms with E-state index in [1.165, 1.54) is 4.68 Å². The lowest BCUT2D eigenvalue weighted by molar-refractivity contribution is 0.0886. The van der Waals surface area contributed by atoms with Crippen LogP contribution in [0.25, 0.3) is 11.6 Å². The quantitative estimate of drug-likeness (QED) is 0.565. The highest BCUT2D eigenvalue weighted by Gasteiger charge is 2.18. The van der Waals surface area contributed by atoms with E-state index in [0.717, 1.165) is 30.6 Å². The second kappa shape index (κ2) is 9.02. The Balaban J connectivity index is 1.82. The number of para-hydroxylation sites is 1. The SMILES string of the molecule is CCCCCC(=O)n1nc(-c2ccco2)nc1NCc1ccccc1OC. The number of aromatic nitrogens is 3. The Morgan fingerprint density at radius 2 is 2.07 bits per heavy atom. The van der Waals surface area contributed by atoms with Gasteiger partial charge < -0.3 is 14.5 Å². The van der Waals surface area contributed by atoms with Gasteiger partial charge in [0.2, 0.25) is 17.7 Å². The third-order valence-electron chi connectivity index (χ3n) is 4.21. The van der Waals surface area contributed by atoms with Crippen molar-refractivity contribution in [3.63, 3.8) is 0 Å². The van der Waals surface area contributed by atoms with Gasteiger partial charge in [0.05, 0.1) is 13.4 Å². The average Bonchev–Trinajstić information content (AvgIpc) is 3.36. The van der Waals surface area contributed by atoms with Crippen LogP contribution in [0.2, 0.25) is 0 Å². The Bertz CT molecular complexity index is 871. The summed E-state index contributed by atoms with van der Waals surface area (Å²) in [5.41, 5.74) is 0.965. The van der Waals surface area contributed by atoms with Crippen LogP contribution < -0.4 is 10.1 Å². The number of hydrogen-bond donors (Lipinski definition) is 1. The van der Waals surface area contributed by atoms with Gasteiger partial charge in [0.15, 0.2) is 5.76 Å². The summed E-state index contributed by atoms with van der Waals surface area (Å²) in [5.74, 6) is 1.99. The number of benzene rings is 1. The van der Waals surface area contributed by atoms with Crippen molar-refractivity contribution in [3.05, 3.63) is 48.2 Å². The maximum absolute atomic E-state index is 12.6. The lowest BCUT2D eigenvalue weighted by atomic mass is 10.2. The first-order chi connectivity index (χ1) is 13.2. The number of unbranched alkanes of at least 4 members (excludes halogenated alkanes) is 2. The summed E-state index contributed by atoms with van der Waals surface area (Å²) < 4.78 is 12.1. The topological polar surface area (TPSA) is 82.2 Å². The number of furan rings is 1. The first-order valence-electron chi connectivity index (χ1n) is 9.12. The second-order valence-electron chi connectivity index (χ2n) is 6.16. The highest BCUT2D eigenvalue weighted by molar-refractivity contribution is 5.81. The van der Waals surface area contributed by atoms with E-state index in [0.29, 0.717) is 30.5 Å². The minimum atomic E-state index is -0.0868. The van der Waals surface area contributed by atoms with E-state index in [2.05, 4.69) is 22.3 Å². The van der Waals surface area contributed by atoms with Gasteiger partial charge in [-0.1, -0.05) is 38.0 Å². The molecule has 1 N–H and O–H groups in total. The molecule has 0 unspecified atom stereocenters. The highest BCUT2D eigenvalue weighted by atomic mass is 16.5. The van der Waals surface area contributed by atoms with Crippen LogP contribution in [0.5, 0.6) is 5.75 Å². The number of anilines is 1. The normalized spacial score (nSPS) is 10.7. The van der Waals surface area contributed by atoms with E-state index in [-0.39, 0.29) is 5.91 Å². The molecule has 3 rings (SSSR count). The van der Waals surface area contributed by atoms with Crippen molar-refractivity contribution in [1.29, 1.82) is 0 Å². The van der Waals surface area contributed by atoms with E-state index in [4.69, 9.17) is 9.15 Å². The number of carbonyl (C=O) groups is 1. The zero-order valence-electron chi connectivity index (χ0n) is 15.6. The number of ether oxygens (including phenoxy) is 1. The van der Waals surface area contributed by atoms with Gasteiger partial charge in [-0.05, 0) is 24.6 Å². The number of nitrogens with one attached hydrogen (secondary N) is 1. The number of carbonyl (C=O) groups excluding carboxylic acids is 1. The first kappa shape index (κ1) is 18.7. The minimum absolute atomic E-state index is 0.0868. The molecular formula is C20H24N4O3. The molecule has 27 heavy (non-hydrogen) atoms. The molecule has 0 aliphatic heterocycles. The van der Waals surface area contributed by atoms with Crippen molar-refractivity contribution in [2.24, 2.45) is 0 Å². The van der Waals surface area contributed by atoms with Gasteiger partial charge in [-0.15, -0.1) is 5.10 Å². The molecule has 0 saturated carbocycles. The van der Waals surface area contributed by atoms with Gasteiger partial charge >= 0.3 is 0 Å². The number of hydrogen-bond acceptors (Lipinski definition) is 6. The van der Waals surface area contributed by atoms with Crippen LogP contribution in [-0.2, 0) is 6.54 Å². The largest absolute Gasteiger partial charge is 0.496 e. The lowest BCUT2D eigenvalue weighted by Crippen LogP contribution is -2.16. The van der Waals surface area contributed by atoms with E-state index in [1.54, 1.807) is 25.5 Å². The molecule has 0 fully saturated rings. The minimum Gasteiger partial charge on any atom is -0.496 e. The molecular weight excluding hydrogens is 344 g/mol. The molecule has 3 aromatic rings. The molecule has 142 valence electrons. The number of rotatable bonds is 9. The monoisotopic (exact) mass is 368 g/mol. The van der Waals surface area contributed by atoms with Crippen LogP contribution in [0.15, 0.2) is 47.1 Å². The predicted octanol–water partition coefficient (Wildman–Crippen LogP) is 4.38. The molecule has 0 radical (unpaired) electrons. The summed E-state index contributed by atoms with van der Waals surface area (Å²) in [6.07, 6.45) is 4.88. The second-order valence-corrected chi connectivity index (χ2v) is 6.16. The smallest absolute Gasteiger partial charge is 0.250 e. The Morgan fingerprint density at radius 3 is 2.81 bits per heavy atom. The van der Waals surface area contributed by atoms with Gasteiger partial charge in [0, 0.05) is 18.5 Å². The van der Waals surface area contributed by atoms with E-state index >= 15 is 0 Å². The summed E-state index contributed by atoms with van der Waals surface area (Å²) >= 11 is 0. The molecule has 2 heterocycles. The summed E-state index contributed by atoms with van der Waals surface area (Å²) in [5, 5.41) is 7.56. The zero-order valence-corrected chi connectivity index (χ0v) is 15.6. The molecule has 1 aromatic carbocycles. The van der Waals surface area contributed by atoms with Gasteiger partial charge in [0.1, 0.15) is 5.75 Å². The van der Waals surface area contributed by atoms with E-state index < -0.39 is 0 Å². The van der Waals surface area contributed by atoms with E-state index in [9.17, 15) is 4.79 Å². The molecule has 0 atom stereocenters. The van der Waals surface area contributed by atoms with Gasteiger partial charge in [-0.25, -0.2) is 0 Å². The van der Waals surface area contributed by atoms with Crippen molar-refractivity contribution >= 4 is 11.9 Å². The summed E-state index contributed by atoms with van der Waals surface area (Å²) in [6.45, 7) is 2.57. The van der Waals surface area contributed by atoms with Crippen molar-refractivity contribution in [1.82, 2.24) is 14.8 Å². The predicted molar refractivity (Wildman–Crippen MR) is 103 cm³/mol. The number of nitrogens with zero attached hydrogens (tertiary/aromatic N) is 3. The van der Waals surface area contributed by atoms with Crippen LogP contribution in [0.1, 0.15) is 43.0 Å². The van der Waals surface area contributed by atoms with Crippen molar-refractivity contribution < 1.29 is 13.9 Å².